The first kappa shape index (κ1) is 27.1. The molecule has 0 saturated carbocycles. The molecule has 0 saturated heterocycles. The zero-order chi connectivity index (χ0) is 25.4. The molecular weight excluding hydrogens is 503 g/mol. The van der Waals surface area contributed by atoms with Crippen molar-refractivity contribution >= 4 is 46.6 Å². The number of halogens is 3. The van der Waals surface area contributed by atoms with E-state index in [1.54, 1.807) is 29.2 Å². The Labute approximate surface area is 222 Å². The molecule has 0 heterocycles. The van der Waals surface area contributed by atoms with Crippen LogP contribution in [0.2, 0.25) is 15.1 Å². The number of hydrogen-bond donors (Lipinski definition) is 1. The van der Waals surface area contributed by atoms with E-state index in [4.69, 9.17) is 34.8 Å². The van der Waals surface area contributed by atoms with Crippen LogP contribution in [-0.4, -0.2) is 29.3 Å². The first-order chi connectivity index (χ1) is 16.7. The highest BCUT2D eigenvalue weighted by atomic mass is 35.5. The Bertz CT molecular complexity index is 1150. The summed E-state index contributed by atoms with van der Waals surface area (Å²) in [6.45, 7) is 4.76. The first-order valence-electron chi connectivity index (χ1n) is 11.5. The van der Waals surface area contributed by atoms with Crippen LogP contribution in [0, 0.1) is 5.92 Å². The van der Waals surface area contributed by atoms with Crippen LogP contribution in [0.4, 0.5) is 0 Å². The Morgan fingerprint density at radius 3 is 2.20 bits per heavy atom. The molecule has 4 nitrogen and oxygen atoms in total. The molecule has 1 N–H and O–H groups in total. The Morgan fingerprint density at radius 2 is 1.54 bits per heavy atom. The lowest BCUT2D eigenvalue weighted by Gasteiger charge is -2.32. The zero-order valence-electron chi connectivity index (χ0n) is 19.8. The molecule has 0 spiro atoms. The summed E-state index contributed by atoms with van der Waals surface area (Å²) in [5.41, 5.74) is 2.37. The van der Waals surface area contributed by atoms with E-state index in [-0.39, 0.29) is 30.7 Å². The van der Waals surface area contributed by atoms with E-state index in [1.807, 2.05) is 62.4 Å². The fraction of sp³-hybridized carbons (Fsp3) is 0.286. The van der Waals surface area contributed by atoms with Gasteiger partial charge in [0.1, 0.15) is 6.04 Å². The molecule has 1 atom stereocenters. The van der Waals surface area contributed by atoms with Gasteiger partial charge < -0.3 is 10.2 Å². The molecule has 0 bridgehead atoms. The van der Waals surface area contributed by atoms with Gasteiger partial charge >= 0.3 is 0 Å². The minimum Gasteiger partial charge on any atom is -0.354 e. The van der Waals surface area contributed by atoms with Gasteiger partial charge in [-0.15, -0.1) is 0 Å². The van der Waals surface area contributed by atoms with Crippen molar-refractivity contribution in [2.75, 3.05) is 6.54 Å². The minimum atomic E-state index is -0.731. The summed E-state index contributed by atoms with van der Waals surface area (Å²) in [6.07, 6.45) is 0.401. The number of hydrogen-bond acceptors (Lipinski definition) is 2. The van der Waals surface area contributed by atoms with Gasteiger partial charge in [-0.2, -0.15) is 0 Å². The van der Waals surface area contributed by atoms with Crippen LogP contribution in [0.3, 0.4) is 0 Å². The van der Waals surface area contributed by atoms with Gasteiger partial charge in [-0.25, -0.2) is 0 Å². The van der Waals surface area contributed by atoms with Crippen LogP contribution in [0.25, 0.3) is 0 Å². The topological polar surface area (TPSA) is 49.4 Å². The minimum absolute atomic E-state index is 0.0310. The van der Waals surface area contributed by atoms with E-state index in [1.165, 1.54) is 0 Å². The molecule has 184 valence electrons. The molecule has 0 aromatic heterocycles. The predicted octanol–water partition coefficient (Wildman–Crippen LogP) is 6.60. The molecule has 7 heteroatoms. The maximum Gasteiger partial charge on any atom is 0.243 e. The number of carbonyl (C=O) groups is 2. The number of nitrogens with one attached hydrogen (secondary N) is 1. The van der Waals surface area contributed by atoms with Crippen molar-refractivity contribution in [3.05, 3.63) is 105 Å². The molecular formula is C28H29Cl3N2O2. The lowest BCUT2D eigenvalue weighted by atomic mass is 10.0. The van der Waals surface area contributed by atoms with Gasteiger partial charge in [0.2, 0.25) is 11.8 Å². The summed E-state index contributed by atoms with van der Waals surface area (Å²) in [4.78, 5) is 28.8. The average Bonchev–Trinajstić information content (AvgIpc) is 2.83. The molecule has 0 aliphatic rings. The average molecular weight is 532 g/mol. The molecule has 0 radical (unpaired) electrons. The van der Waals surface area contributed by atoms with Gasteiger partial charge in [0.25, 0.3) is 0 Å². The molecule has 35 heavy (non-hydrogen) atoms. The number of rotatable bonds is 10. The summed E-state index contributed by atoms with van der Waals surface area (Å²) in [5.74, 6) is -0.156. The first-order valence-corrected chi connectivity index (χ1v) is 12.7. The third kappa shape index (κ3) is 7.99. The lowest BCUT2D eigenvalue weighted by Crippen LogP contribution is -2.51. The summed E-state index contributed by atoms with van der Waals surface area (Å²) in [5, 5.41) is 4.45. The Kier molecular flexibility index (Phi) is 10.0. The van der Waals surface area contributed by atoms with E-state index >= 15 is 0 Å². The number of carbonyl (C=O) groups excluding carboxylic acids is 2. The van der Waals surface area contributed by atoms with E-state index < -0.39 is 6.04 Å². The number of amides is 2. The summed E-state index contributed by atoms with van der Waals surface area (Å²) < 4.78 is 0. The Morgan fingerprint density at radius 1 is 0.857 bits per heavy atom. The summed E-state index contributed by atoms with van der Waals surface area (Å²) in [6, 6.07) is 21.3. The normalized spacial score (nSPS) is 11.8. The largest absolute Gasteiger partial charge is 0.354 e. The molecule has 0 aliphatic heterocycles. The maximum absolute atomic E-state index is 13.8. The highest BCUT2D eigenvalue weighted by molar-refractivity contribution is 6.35. The van der Waals surface area contributed by atoms with Crippen LogP contribution < -0.4 is 5.32 Å². The van der Waals surface area contributed by atoms with E-state index in [2.05, 4.69) is 5.32 Å². The molecule has 3 aromatic rings. The van der Waals surface area contributed by atoms with E-state index in [0.29, 0.717) is 33.6 Å². The molecule has 0 aliphatic carbocycles. The second kappa shape index (κ2) is 13.0. The standard InChI is InChI=1S/C28H29Cl3N2O2/c1-19(2)17-32-28(35)26(14-20-8-4-3-5-9-20)33(18-22-10-6-7-11-24(22)30)27(34)15-21-12-13-23(29)16-25(21)31/h3-13,16,19,26H,14-15,17-18H2,1-2H3,(H,32,35). The molecule has 2 amide bonds. The third-order valence-corrected chi connectivity index (χ3v) is 6.57. The summed E-state index contributed by atoms with van der Waals surface area (Å²) in [7, 11) is 0. The molecule has 1 unspecified atom stereocenters. The van der Waals surface area contributed by atoms with Crippen molar-refractivity contribution < 1.29 is 9.59 Å². The van der Waals surface area contributed by atoms with Gasteiger partial charge in [0.05, 0.1) is 6.42 Å². The van der Waals surface area contributed by atoms with Crippen molar-refractivity contribution in [3.8, 4) is 0 Å². The quantitative estimate of drug-likeness (QED) is 0.320. The highest BCUT2D eigenvalue weighted by Gasteiger charge is 2.31. The Hall–Kier alpha value is -2.53. The number of benzene rings is 3. The van der Waals surface area contributed by atoms with Crippen LogP contribution in [0.15, 0.2) is 72.8 Å². The van der Waals surface area contributed by atoms with Gasteiger partial charge in [-0.1, -0.05) is 103 Å². The van der Waals surface area contributed by atoms with Crippen molar-refractivity contribution in [3.63, 3.8) is 0 Å². The predicted molar refractivity (Wildman–Crippen MR) is 144 cm³/mol. The smallest absolute Gasteiger partial charge is 0.243 e. The fourth-order valence-corrected chi connectivity index (χ4v) is 4.39. The SMILES string of the molecule is CC(C)CNC(=O)C(Cc1ccccc1)N(Cc1ccccc1Cl)C(=O)Cc1ccc(Cl)cc1Cl. The molecule has 3 aromatic carbocycles. The van der Waals surface area contributed by atoms with Crippen molar-refractivity contribution in [2.24, 2.45) is 5.92 Å². The van der Waals surface area contributed by atoms with Crippen molar-refractivity contribution in [2.45, 2.75) is 39.3 Å². The van der Waals surface area contributed by atoms with Crippen molar-refractivity contribution in [1.82, 2.24) is 10.2 Å². The monoisotopic (exact) mass is 530 g/mol. The second-order valence-corrected chi connectivity index (χ2v) is 10.1. The zero-order valence-corrected chi connectivity index (χ0v) is 22.1. The molecule has 0 fully saturated rings. The van der Waals surface area contributed by atoms with E-state index in [0.717, 1.165) is 11.1 Å². The van der Waals surface area contributed by atoms with Crippen molar-refractivity contribution in [1.29, 1.82) is 0 Å². The fourth-order valence-electron chi connectivity index (χ4n) is 3.72. The second-order valence-electron chi connectivity index (χ2n) is 8.87. The van der Waals surface area contributed by atoms with Crippen LogP contribution in [-0.2, 0) is 29.0 Å². The third-order valence-electron chi connectivity index (χ3n) is 5.61. The van der Waals surface area contributed by atoms with Crippen LogP contribution >= 0.6 is 34.8 Å². The van der Waals surface area contributed by atoms with Gasteiger partial charge in [-0.3, -0.25) is 9.59 Å². The maximum atomic E-state index is 13.8. The van der Waals surface area contributed by atoms with E-state index in [9.17, 15) is 9.59 Å². The van der Waals surface area contributed by atoms with Crippen LogP contribution in [0.1, 0.15) is 30.5 Å². The van der Waals surface area contributed by atoms with Gasteiger partial charge in [0.15, 0.2) is 0 Å². The highest BCUT2D eigenvalue weighted by Crippen LogP contribution is 2.25. The molecule has 3 rings (SSSR count). The van der Waals surface area contributed by atoms with Gasteiger partial charge in [0, 0.05) is 34.6 Å². The number of nitrogens with zero attached hydrogens (tertiary/aromatic N) is 1. The Balaban J connectivity index is 1.99. The summed E-state index contributed by atoms with van der Waals surface area (Å²) >= 11 is 18.8. The van der Waals surface area contributed by atoms with Gasteiger partial charge in [-0.05, 0) is 40.8 Å². The lowest BCUT2D eigenvalue weighted by molar-refractivity contribution is -0.140. The van der Waals surface area contributed by atoms with Crippen LogP contribution in [0.5, 0.6) is 0 Å².